The highest BCUT2D eigenvalue weighted by Crippen LogP contribution is 2.42. The van der Waals surface area contributed by atoms with Gasteiger partial charge in [-0.05, 0) is 45.0 Å². The number of nitrogens with zero attached hydrogens (tertiary/aromatic N) is 2. The van der Waals surface area contributed by atoms with Crippen molar-refractivity contribution in [2.24, 2.45) is 0 Å². The van der Waals surface area contributed by atoms with Crippen LogP contribution in [-0.4, -0.2) is 9.13 Å². The monoisotopic (exact) mass is 388 g/mol. The summed E-state index contributed by atoms with van der Waals surface area (Å²) in [5.74, 6) is 0. The summed E-state index contributed by atoms with van der Waals surface area (Å²) in [5, 5.41) is 5.22. The summed E-state index contributed by atoms with van der Waals surface area (Å²) >= 11 is 0. The third-order valence-corrected chi connectivity index (χ3v) is 6.15. The maximum atomic E-state index is 2.53. The van der Waals surface area contributed by atoms with Crippen molar-refractivity contribution >= 4 is 43.6 Å². The molecule has 0 radical (unpaired) electrons. The van der Waals surface area contributed by atoms with Crippen LogP contribution in [0.15, 0.2) is 91.0 Å². The van der Waals surface area contributed by atoms with E-state index < -0.39 is 0 Å². The van der Waals surface area contributed by atoms with E-state index in [1.54, 1.807) is 0 Å². The maximum Gasteiger partial charge on any atom is 0.0785 e. The minimum Gasteiger partial charge on any atom is -0.333 e. The fourth-order valence-corrected chi connectivity index (χ4v) is 5.04. The number of hydrogen-bond donors (Lipinski definition) is 0. The maximum absolute atomic E-state index is 2.53. The molecule has 0 unspecified atom stereocenters. The minimum absolute atomic E-state index is 0.0480. The zero-order chi connectivity index (χ0) is 20.5. The Morgan fingerprint density at radius 1 is 0.500 bits per heavy atom. The van der Waals surface area contributed by atoms with E-state index in [1.807, 2.05) is 0 Å². The molecule has 0 amide bonds. The number of para-hydroxylation sites is 3. The van der Waals surface area contributed by atoms with Crippen molar-refractivity contribution in [3.8, 4) is 5.69 Å². The van der Waals surface area contributed by atoms with E-state index in [2.05, 4.69) is 121 Å². The van der Waals surface area contributed by atoms with Gasteiger partial charge in [0, 0.05) is 38.3 Å². The van der Waals surface area contributed by atoms with Crippen molar-refractivity contribution < 1.29 is 0 Å². The second-order valence-corrected chi connectivity index (χ2v) is 9.07. The first-order valence-electron chi connectivity index (χ1n) is 10.6. The van der Waals surface area contributed by atoms with Crippen molar-refractivity contribution in [1.29, 1.82) is 0 Å². The fraction of sp³-hybridized carbons (Fsp3) is 0.143. The molecule has 2 aromatic heterocycles. The van der Waals surface area contributed by atoms with Gasteiger partial charge in [-0.25, -0.2) is 0 Å². The molecule has 4 aromatic carbocycles. The Kier molecular flexibility index (Phi) is 3.47. The van der Waals surface area contributed by atoms with E-state index in [9.17, 15) is 0 Å². The van der Waals surface area contributed by atoms with Gasteiger partial charge >= 0.3 is 0 Å². The Labute approximate surface area is 176 Å². The summed E-state index contributed by atoms with van der Waals surface area (Å²) in [6.45, 7) is 6.90. The van der Waals surface area contributed by atoms with Gasteiger partial charge in [0.1, 0.15) is 0 Å². The lowest BCUT2D eigenvalue weighted by molar-refractivity contribution is 0.424. The summed E-state index contributed by atoms with van der Waals surface area (Å²) in [6, 6.07) is 32.9. The SMILES string of the molecule is CC(C)(C)n1c2ccccc2c2ccc3c4ccccc4n(-c4ccccc4)c3c21. The average molecular weight is 389 g/mol. The molecule has 0 spiro atoms. The summed E-state index contributed by atoms with van der Waals surface area (Å²) in [7, 11) is 0. The van der Waals surface area contributed by atoms with Crippen LogP contribution in [0, 0.1) is 0 Å². The molecule has 6 rings (SSSR count). The van der Waals surface area contributed by atoms with E-state index in [-0.39, 0.29) is 5.54 Å². The van der Waals surface area contributed by atoms with Crippen LogP contribution in [0.2, 0.25) is 0 Å². The quantitative estimate of drug-likeness (QED) is 0.274. The predicted molar refractivity (Wildman–Crippen MR) is 129 cm³/mol. The zero-order valence-electron chi connectivity index (χ0n) is 17.6. The smallest absolute Gasteiger partial charge is 0.0785 e. The Bertz CT molecular complexity index is 1560. The van der Waals surface area contributed by atoms with Crippen LogP contribution in [-0.2, 0) is 5.54 Å². The van der Waals surface area contributed by atoms with Gasteiger partial charge in [0.15, 0.2) is 0 Å². The predicted octanol–water partition coefficient (Wildman–Crippen LogP) is 7.65. The van der Waals surface area contributed by atoms with Gasteiger partial charge < -0.3 is 9.13 Å². The molecule has 0 aliphatic heterocycles. The molecular weight excluding hydrogens is 364 g/mol. The molecule has 0 atom stereocenters. The average Bonchev–Trinajstić information content (AvgIpc) is 3.27. The Balaban J connectivity index is 1.97. The third kappa shape index (κ3) is 2.25. The van der Waals surface area contributed by atoms with Crippen LogP contribution in [0.4, 0.5) is 0 Å². The number of fused-ring (bicyclic) bond motifs is 7. The van der Waals surface area contributed by atoms with E-state index in [1.165, 1.54) is 49.3 Å². The van der Waals surface area contributed by atoms with Gasteiger partial charge in [0.05, 0.1) is 16.6 Å². The van der Waals surface area contributed by atoms with Crippen LogP contribution in [0.25, 0.3) is 49.3 Å². The lowest BCUT2D eigenvalue weighted by Gasteiger charge is -2.25. The largest absolute Gasteiger partial charge is 0.333 e. The van der Waals surface area contributed by atoms with Crippen molar-refractivity contribution in [2.45, 2.75) is 26.3 Å². The molecule has 0 saturated heterocycles. The molecule has 6 aromatic rings. The lowest BCUT2D eigenvalue weighted by Crippen LogP contribution is -2.21. The third-order valence-electron chi connectivity index (χ3n) is 6.15. The molecule has 0 bridgehead atoms. The molecule has 0 fully saturated rings. The fourth-order valence-electron chi connectivity index (χ4n) is 5.04. The molecule has 2 heteroatoms. The van der Waals surface area contributed by atoms with Gasteiger partial charge in [-0.15, -0.1) is 0 Å². The number of aromatic nitrogens is 2. The number of rotatable bonds is 1. The summed E-state index contributed by atoms with van der Waals surface area (Å²) < 4.78 is 4.96. The van der Waals surface area contributed by atoms with Crippen LogP contribution in [0.3, 0.4) is 0 Å². The number of benzene rings is 4. The van der Waals surface area contributed by atoms with Crippen LogP contribution >= 0.6 is 0 Å². The molecule has 146 valence electrons. The molecular formula is C28H24N2. The second kappa shape index (κ2) is 5.99. The van der Waals surface area contributed by atoms with Gasteiger partial charge in [-0.1, -0.05) is 66.7 Å². The van der Waals surface area contributed by atoms with Crippen molar-refractivity contribution in [3.05, 3.63) is 91.0 Å². The van der Waals surface area contributed by atoms with Gasteiger partial charge in [-0.2, -0.15) is 0 Å². The van der Waals surface area contributed by atoms with Crippen LogP contribution in [0.1, 0.15) is 20.8 Å². The van der Waals surface area contributed by atoms with E-state index >= 15 is 0 Å². The lowest BCUT2D eigenvalue weighted by atomic mass is 10.1. The summed E-state index contributed by atoms with van der Waals surface area (Å²) in [5.41, 5.74) is 6.27. The Morgan fingerprint density at radius 2 is 1.03 bits per heavy atom. The molecule has 2 heterocycles. The molecule has 0 saturated carbocycles. The van der Waals surface area contributed by atoms with Crippen molar-refractivity contribution in [1.82, 2.24) is 9.13 Å². The number of hydrogen-bond acceptors (Lipinski definition) is 0. The van der Waals surface area contributed by atoms with Crippen LogP contribution in [0.5, 0.6) is 0 Å². The standard InChI is InChI=1S/C28H24N2/c1-28(2,3)30-25-16-10-8-14-21(25)23-18-17-22-20-13-7-9-15-24(20)29(26(22)27(23)30)19-11-5-4-6-12-19/h4-18H,1-3H3. The minimum atomic E-state index is -0.0480. The first kappa shape index (κ1) is 17.3. The molecule has 0 aliphatic rings. The normalized spacial score (nSPS) is 12.5. The van der Waals surface area contributed by atoms with Crippen molar-refractivity contribution in [3.63, 3.8) is 0 Å². The highest BCUT2D eigenvalue weighted by molar-refractivity contribution is 6.23. The van der Waals surface area contributed by atoms with Crippen molar-refractivity contribution in [2.75, 3.05) is 0 Å². The van der Waals surface area contributed by atoms with E-state index in [4.69, 9.17) is 0 Å². The summed E-state index contributed by atoms with van der Waals surface area (Å²) in [6.07, 6.45) is 0. The topological polar surface area (TPSA) is 9.86 Å². The summed E-state index contributed by atoms with van der Waals surface area (Å²) in [4.78, 5) is 0. The first-order valence-corrected chi connectivity index (χ1v) is 10.6. The molecule has 0 N–H and O–H groups in total. The highest BCUT2D eigenvalue weighted by Gasteiger charge is 2.24. The van der Waals surface area contributed by atoms with Gasteiger partial charge in [-0.3, -0.25) is 0 Å². The second-order valence-electron chi connectivity index (χ2n) is 9.07. The van der Waals surface area contributed by atoms with E-state index in [0.29, 0.717) is 0 Å². The van der Waals surface area contributed by atoms with Gasteiger partial charge in [0.2, 0.25) is 0 Å². The highest BCUT2D eigenvalue weighted by atomic mass is 15.1. The molecule has 30 heavy (non-hydrogen) atoms. The van der Waals surface area contributed by atoms with Gasteiger partial charge in [0.25, 0.3) is 0 Å². The Hall–Kier alpha value is -3.52. The Morgan fingerprint density at radius 3 is 1.70 bits per heavy atom. The molecule has 0 aliphatic carbocycles. The molecule has 2 nitrogen and oxygen atoms in total. The zero-order valence-corrected chi connectivity index (χ0v) is 17.6. The van der Waals surface area contributed by atoms with Crippen LogP contribution < -0.4 is 0 Å². The van der Waals surface area contributed by atoms with E-state index in [0.717, 1.165) is 0 Å². The first-order chi connectivity index (χ1) is 14.6.